The van der Waals surface area contributed by atoms with Crippen LogP contribution in [0.1, 0.15) is 36.9 Å². The summed E-state index contributed by atoms with van der Waals surface area (Å²) >= 11 is 7.55. The molecular formula is C14H20ClN3S. The van der Waals surface area contributed by atoms with E-state index in [1.165, 1.54) is 4.88 Å². The summed E-state index contributed by atoms with van der Waals surface area (Å²) in [4.78, 5) is 1.32. The highest BCUT2D eigenvalue weighted by Gasteiger charge is 2.04. The monoisotopic (exact) mass is 297 g/mol. The summed E-state index contributed by atoms with van der Waals surface area (Å²) in [6.45, 7) is 6.14. The third kappa shape index (κ3) is 4.34. The summed E-state index contributed by atoms with van der Waals surface area (Å²) < 4.78 is 2.90. The molecule has 2 rings (SSSR count). The quantitative estimate of drug-likeness (QED) is 0.786. The van der Waals surface area contributed by atoms with Crippen LogP contribution in [0.15, 0.2) is 24.4 Å². The molecule has 0 aromatic carbocycles. The Labute approximate surface area is 123 Å². The number of hydrogen-bond acceptors (Lipinski definition) is 3. The average Bonchev–Trinajstić information content (AvgIpc) is 3.03. The molecule has 1 unspecified atom stereocenters. The van der Waals surface area contributed by atoms with Crippen molar-refractivity contribution < 1.29 is 0 Å². The van der Waals surface area contributed by atoms with Gasteiger partial charge in [0.1, 0.15) is 0 Å². The second-order valence-electron chi connectivity index (χ2n) is 4.68. The second kappa shape index (κ2) is 7.08. The summed E-state index contributed by atoms with van der Waals surface area (Å²) in [5, 5.41) is 7.98. The van der Waals surface area contributed by atoms with Crippen LogP contribution in [0.5, 0.6) is 0 Å². The van der Waals surface area contributed by atoms with Crippen LogP contribution in [0.4, 0.5) is 0 Å². The van der Waals surface area contributed by atoms with Crippen molar-refractivity contribution in [3.8, 4) is 0 Å². The van der Waals surface area contributed by atoms with Crippen LogP contribution < -0.4 is 5.32 Å². The van der Waals surface area contributed by atoms with Gasteiger partial charge in [-0.05, 0) is 38.0 Å². The molecule has 0 aliphatic carbocycles. The summed E-state index contributed by atoms with van der Waals surface area (Å²) in [5.41, 5.74) is 1.10. The number of thiophene rings is 1. The summed E-state index contributed by atoms with van der Waals surface area (Å²) in [5.74, 6) is 0. The predicted octanol–water partition coefficient (Wildman–Crippen LogP) is 3.90. The van der Waals surface area contributed by atoms with Gasteiger partial charge in [0.05, 0.1) is 10.0 Å². The Morgan fingerprint density at radius 2 is 2.26 bits per heavy atom. The van der Waals surface area contributed by atoms with E-state index in [1.54, 1.807) is 11.3 Å². The largest absolute Gasteiger partial charge is 0.311 e. The zero-order chi connectivity index (χ0) is 13.7. The van der Waals surface area contributed by atoms with Crippen LogP contribution in [0.2, 0.25) is 4.34 Å². The maximum Gasteiger partial charge on any atom is 0.0931 e. The molecule has 1 N–H and O–H groups in total. The number of hydrogen-bond donors (Lipinski definition) is 1. The lowest BCUT2D eigenvalue weighted by molar-refractivity contribution is 0.471. The lowest BCUT2D eigenvalue weighted by atomic mass is 10.3. The standard InChI is InChI=1S/C14H20ClN3S/c1-3-11(2)18-9-7-12(17-18)10-16-8-6-13-4-5-14(15)19-13/h4-5,7,9,11,16H,3,6,8,10H2,1-2H3. The van der Waals surface area contributed by atoms with Crippen LogP contribution in [-0.2, 0) is 13.0 Å². The van der Waals surface area contributed by atoms with Crippen LogP contribution in [0, 0.1) is 0 Å². The molecule has 3 nitrogen and oxygen atoms in total. The van der Waals surface area contributed by atoms with Gasteiger partial charge >= 0.3 is 0 Å². The smallest absolute Gasteiger partial charge is 0.0931 e. The van der Waals surface area contributed by atoms with Gasteiger partial charge in [-0.3, -0.25) is 4.68 Å². The van der Waals surface area contributed by atoms with Crippen molar-refractivity contribution in [3.05, 3.63) is 39.3 Å². The highest BCUT2D eigenvalue weighted by molar-refractivity contribution is 7.16. The summed E-state index contributed by atoms with van der Waals surface area (Å²) in [7, 11) is 0. The average molecular weight is 298 g/mol. The van der Waals surface area contributed by atoms with Gasteiger partial charge in [-0.1, -0.05) is 18.5 Å². The van der Waals surface area contributed by atoms with Crippen molar-refractivity contribution in [2.75, 3.05) is 6.54 Å². The van der Waals surface area contributed by atoms with Crippen molar-refractivity contribution in [1.29, 1.82) is 0 Å². The Hall–Kier alpha value is -0.840. The fraction of sp³-hybridized carbons (Fsp3) is 0.500. The number of nitrogens with one attached hydrogen (secondary N) is 1. The molecule has 19 heavy (non-hydrogen) atoms. The van der Waals surface area contributed by atoms with E-state index >= 15 is 0 Å². The van der Waals surface area contributed by atoms with Crippen LogP contribution in [0.3, 0.4) is 0 Å². The van der Waals surface area contributed by atoms with E-state index in [-0.39, 0.29) is 0 Å². The molecule has 2 aromatic heterocycles. The van der Waals surface area contributed by atoms with Gasteiger partial charge in [-0.25, -0.2) is 0 Å². The molecule has 1 atom stereocenters. The molecule has 5 heteroatoms. The minimum Gasteiger partial charge on any atom is -0.311 e. The molecule has 2 aromatic rings. The zero-order valence-electron chi connectivity index (χ0n) is 11.4. The number of rotatable bonds is 7. The number of halogens is 1. The summed E-state index contributed by atoms with van der Waals surface area (Å²) in [6, 6.07) is 6.60. The molecule has 0 radical (unpaired) electrons. The molecule has 0 amide bonds. The molecule has 104 valence electrons. The minimum absolute atomic E-state index is 0.474. The highest BCUT2D eigenvalue weighted by atomic mass is 35.5. The van der Waals surface area contributed by atoms with Crippen LogP contribution in [0.25, 0.3) is 0 Å². The lowest BCUT2D eigenvalue weighted by Gasteiger charge is -2.08. The SMILES string of the molecule is CCC(C)n1ccc(CNCCc2ccc(Cl)s2)n1. The maximum atomic E-state index is 5.90. The first kappa shape index (κ1) is 14.6. The van der Waals surface area contributed by atoms with E-state index in [1.807, 2.05) is 10.7 Å². The van der Waals surface area contributed by atoms with Crippen molar-refractivity contribution in [3.63, 3.8) is 0 Å². The first-order chi connectivity index (χ1) is 9.19. The van der Waals surface area contributed by atoms with E-state index < -0.39 is 0 Å². The Bertz CT molecular complexity index is 506. The van der Waals surface area contributed by atoms with Gasteiger partial charge in [0.15, 0.2) is 0 Å². The first-order valence-electron chi connectivity index (χ1n) is 6.68. The van der Waals surface area contributed by atoms with Crippen LogP contribution in [-0.4, -0.2) is 16.3 Å². The topological polar surface area (TPSA) is 29.9 Å². The van der Waals surface area contributed by atoms with Crippen molar-refractivity contribution in [2.45, 2.75) is 39.3 Å². The minimum atomic E-state index is 0.474. The molecule has 0 aliphatic heterocycles. The van der Waals surface area contributed by atoms with Gasteiger partial charge in [0.25, 0.3) is 0 Å². The third-order valence-electron chi connectivity index (χ3n) is 3.19. The molecule has 0 spiro atoms. The number of nitrogens with zero attached hydrogens (tertiary/aromatic N) is 2. The van der Waals surface area contributed by atoms with Gasteiger partial charge in [-0.15, -0.1) is 11.3 Å². The third-order valence-corrected chi connectivity index (χ3v) is 4.48. The second-order valence-corrected chi connectivity index (χ2v) is 6.48. The Morgan fingerprint density at radius 3 is 2.95 bits per heavy atom. The summed E-state index contributed by atoms with van der Waals surface area (Å²) in [6.07, 6.45) is 4.18. The predicted molar refractivity (Wildman–Crippen MR) is 82.0 cm³/mol. The Kier molecular flexibility index (Phi) is 5.43. The normalized spacial score (nSPS) is 12.8. The van der Waals surface area contributed by atoms with E-state index in [0.29, 0.717) is 6.04 Å². The zero-order valence-corrected chi connectivity index (χ0v) is 13.0. The first-order valence-corrected chi connectivity index (χ1v) is 7.87. The molecule has 0 saturated heterocycles. The van der Waals surface area contributed by atoms with Crippen molar-refractivity contribution in [1.82, 2.24) is 15.1 Å². The van der Waals surface area contributed by atoms with E-state index in [0.717, 1.165) is 36.0 Å². The fourth-order valence-electron chi connectivity index (χ4n) is 1.82. The van der Waals surface area contributed by atoms with E-state index in [4.69, 9.17) is 11.6 Å². The molecule has 0 fully saturated rings. The fourth-order valence-corrected chi connectivity index (χ4v) is 2.91. The molecule has 0 bridgehead atoms. The molecule has 0 aliphatic rings. The lowest BCUT2D eigenvalue weighted by Crippen LogP contribution is -2.17. The van der Waals surface area contributed by atoms with Crippen LogP contribution >= 0.6 is 22.9 Å². The molecule has 0 saturated carbocycles. The van der Waals surface area contributed by atoms with Gasteiger partial charge in [0.2, 0.25) is 0 Å². The number of aromatic nitrogens is 2. The Balaban J connectivity index is 1.72. The van der Waals surface area contributed by atoms with Gasteiger partial charge < -0.3 is 5.32 Å². The highest BCUT2D eigenvalue weighted by Crippen LogP contribution is 2.21. The van der Waals surface area contributed by atoms with Crippen molar-refractivity contribution in [2.24, 2.45) is 0 Å². The molecule has 2 heterocycles. The van der Waals surface area contributed by atoms with E-state index in [2.05, 4.69) is 42.6 Å². The van der Waals surface area contributed by atoms with Crippen molar-refractivity contribution >= 4 is 22.9 Å². The van der Waals surface area contributed by atoms with Gasteiger partial charge in [0, 0.05) is 30.2 Å². The van der Waals surface area contributed by atoms with Gasteiger partial charge in [-0.2, -0.15) is 5.10 Å². The Morgan fingerprint density at radius 1 is 1.42 bits per heavy atom. The molecular weight excluding hydrogens is 278 g/mol. The maximum absolute atomic E-state index is 5.90. The van der Waals surface area contributed by atoms with E-state index in [9.17, 15) is 0 Å².